The summed E-state index contributed by atoms with van der Waals surface area (Å²) in [6.45, 7) is 2.69. The van der Waals surface area contributed by atoms with Gasteiger partial charge in [0.2, 0.25) is 5.91 Å². The molecule has 0 aliphatic rings. The molecule has 0 atom stereocenters. The Hall–Kier alpha value is -2.88. The van der Waals surface area contributed by atoms with E-state index < -0.39 is 0 Å². The van der Waals surface area contributed by atoms with Crippen LogP contribution in [0.15, 0.2) is 67.0 Å². The van der Waals surface area contributed by atoms with Gasteiger partial charge in [0, 0.05) is 19.8 Å². The molecular weight excluding hydrogens is 298 g/mol. The normalized spacial score (nSPS) is 10.6. The van der Waals surface area contributed by atoms with Gasteiger partial charge in [0.1, 0.15) is 0 Å². The highest BCUT2D eigenvalue weighted by Crippen LogP contribution is 2.12. The third-order valence-electron chi connectivity index (χ3n) is 4.11. The van der Waals surface area contributed by atoms with Gasteiger partial charge in [-0.2, -0.15) is 5.10 Å². The summed E-state index contributed by atoms with van der Waals surface area (Å²) in [5, 5.41) is 4.34. The SMILES string of the molecule is Cc1ccccc1CN(C)C(=O)Cc1cnn(-c2ccccc2)c1. The maximum Gasteiger partial charge on any atom is 0.227 e. The molecule has 0 aliphatic carbocycles. The van der Waals surface area contributed by atoms with E-state index in [9.17, 15) is 4.79 Å². The van der Waals surface area contributed by atoms with Crippen LogP contribution in [0, 0.1) is 6.92 Å². The molecule has 0 saturated heterocycles. The maximum absolute atomic E-state index is 12.5. The molecule has 24 heavy (non-hydrogen) atoms. The molecule has 1 heterocycles. The first-order chi connectivity index (χ1) is 11.6. The maximum atomic E-state index is 12.5. The van der Waals surface area contributed by atoms with Crippen LogP contribution in [-0.2, 0) is 17.8 Å². The Bertz CT molecular complexity index is 824. The van der Waals surface area contributed by atoms with Crippen LogP contribution in [0.4, 0.5) is 0 Å². The van der Waals surface area contributed by atoms with E-state index in [1.807, 2.05) is 55.7 Å². The van der Waals surface area contributed by atoms with E-state index in [-0.39, 0.29) is 5.91 Å². The lowest BCUT2D eigenvalue weighted by Gasteiger charge is -2.18. The van der Waals surface area contributed by atoms with E-state index in [1.54, 1.807) is 15.8 Å². The molecule has 1 amide bonds. The molecule has 0 N–H and O–H groups in total. The summed E-state index contributed by atoms with van der Waals surface area (Å²) in [5.74, 6) is 0.0888. The fourth-order valence-electron chi connectivity index (χ4n) is 2.61. The third kappa shape index (κ3) is 3.71. The first kappa shape index (κ1) is 16.0. The monoisotopic (exact) mass is 319 g/mol. The minimum absolute atomic E-state index is 0.0888. The van der Waals surface area contributed by atoms with Crippen molar-refractivity contribution in [2.45, 2.75) is 19.9 Å². The number of rotatable bonds is 5. The lowest BCUT2D eigenvalue weighted by molar-refractivity contribution is -0.129. The summed E-state index contributed by atoms with van der Waals surface area (Å²) in [7, 11) is 1.84. The molecule has 0 fully saturated rings. The van der Waals surface area contributed by atoms with Crippen LogP contribution in [0.1, 0.15) is 16.7 Å². The van der Waals surface area contributed by atoms with Gasteiger partial charge in [0.15, 0.2) is 0 Å². The quantitative estimate of drug-likeness (QED) is 0.723. The first-order valence-corrected chi connectivity index (χ1v) is 8.01. The summed E-state index contributed by atoms with van der Waals surface area (Å²) in [6.07, 6.45) is 4.02. The summed E-state index contributed by atoms with van der Waals surface area (Å²) in [5.41, 5.74) is 4.28. The fraction of sp³-hybridized carbons (Fsp3) is 0.200. The Morgan fingerprint density at radius 2 is 1.79 bits per heavy atom. The standard InChI is InChI=1S/C20H21N3O/c1-16-8-6-7-9-18(16)15-22(2)20(24)12-17-13-21-23(14-17)19-10-4-3-5-11-19/h3-11,13-14H,12,15H2,1-2H3. The lowest BCUT2D eigenvalue weighted by atomic mass is 10.1. The van der Waals surface area contributed by atoms with Crippen LogP contribution >= 0.6 is 0 Å². The average Bonchev–Trinajstić information content (AvgIpc) is 3.06. The van der Waals surface area contributed by atoms with E-state index in [0.717, 1.165) is 11.3 Å². The van der Waals surface area contributed by atoms with E-state index in [1.165, 1.54) is 11.1 Å². The molecule has 2 aromatic carbocycles. The van der Waals surface area contributed by atoms with Crippen molar-refractivity contribution in [2.24, 2.45) is 0 Å². The van der Waals surface area contributed by atoms with Gasteiger partial charge in [0.25, 0.3) is 0 Å². The summed E-state index contributed by atoms with van der Waals surface area (Å²) < 4.78 is 1.80. The highest BCUT2D eigenvalue weighted by atomic mass is 16.2. The van der Waals surface area contributed by atoms with Crippen molar-refractivity contribution in [3.05, 3.63) is 83.7 Å². The van der Waals surface area contributed by atoms with Crippen LogP contribution in [0.25, 0.3) is 5.69 Å². The molecule has 0 unspecified atom stereocenters. The molecule has 1 aromatic heterocycles. The lowest BCUT2D eigenvalue weighted by Crippen LogP contribution is -2.27. The van der Waals surface area contributed by atoms with Gasteiger partial charge in [-0.25, -0.2) is 4.68 Å². The molecule has 4 nitrogen and oxygen atoms in total. The average molecular weight is 319 g/mol. The number of hydrogen-bond donors (Lipinski definition) is 0. The number of aromatic nitrogens is 2. The van der Waals surface area contributed by atoms with Crippen LogP contribution in [0.5, 0.6) is 0 Å². The highest BCUT2D eigenvalue weighted by molar-refractivity contribution is 5.78. The van der Waals surface area contributed by atoms with Gasteiger partial charge in [-0.15, -0.1) is 0 Å². The van der Waals surface area contributed by atoms with Crippen LogP contribution < -0.4 is 0 Å². The molecular formula is C20H21N3O. The first-order valence-electron chi connectivity index (χ1n) is 8.01. The predicted molar refractivity (Wildman–Crippen MR) is 94.9 cm³/mol. The molecule has 0 bridgehead atoms. The van der Waals surface area contributed by atoms with Gasteiger partial charge >= 0.3 is 0 Å². The summed E-state index contributed by atoms with van der Waals surface area (Å²) in [4.78, 5) is 14.2. The Labute approximate surface area is 142 Å². The van der Waals surface area contributed by atoms with E-state index in [4.69, 9.17) is 0 Å². The zero-order valence-electron chi connectivity index (χ0n) is 14.0. The van der Waals surface area contributed by atoms with Gasteiger partial charge in [0.05, 0.1) is 18.3 Å². The number of carbonyl (C=O) groups is 1. The second kappa shape index (κ2) is 7.13. The second-order valence-electron chi connectivity index (χ2n) is 5.98. The Balaban J connectivity index is 1.65. The minimum Gasteiger partial charge on any atom is -0.341 e. The van der Waals surface area contributed by atoms with Crippen LogP contribution in [0.3, 0.4) is 0 Å². The van der Waals surface area contributed by atoms with Crippen LogP contribution in [-0.4, -0.2) is 27.6 Å². The Morgan fingerprint density at radius 3 is 2.54 bits per heavy atom. The number of amides is 1. The van der Waals surface area contributed by atoms with Gasteiger partial charge in [-0.05, 0) is 35.7 Å². The van der Waals surface area contributed by atoms with E-state index in [2.05, 4.69) is 24.2 Å². The van der Waals surface area contributed by atoms with E-state index in [0.29, 0.717) is 13.0 Å². The second-order valence-corrected chi connectivity index (χ2v) is 5.98. The van der Waals surface area contributed by atoms with Crippen LogP contribution in [0.2, 0.25) is 0 Å². The molecule has 3 rings (SSSR count). The van der Waals surface area contributed by atoms with Crippen molar-refractivity contribution in [3.8, 4) is 5.69 Å². The number of benzene rings is 2. The fourth-order valence-corrected chi connectivity index (χ4v) is 2.61. The van der Waals surface area contributed by atoms with Crippen molar-refractivity contribution in [2.75, 3.05) is 7.05 Å². The molecule has 3 aromatic rings. The van der Waals surface area contributed by atoms with Crippen molar-refractivity contribution < 1.29 is 4.79 Å². The van der Waals surface area contributed by atoms with Gasteiger partial charge in [-0.3, -0.25) is 4.79 Å². The highest BCUT2D eigenvalue weighted by Gasteiger charge is 2.12. The molecule has 0 aliphatic heterocycles. The summed E-state index contributed by atoms with van der Waals surface area (Å²) in [6, 6.07) is 18.0. The zero-order chi connectivity index (χ0) is 16.9. The zero-order valence-corrected chi connectivity index (χ0v) is 14.0. The van der Waals surface area contributed by atoms with Crippen molar-refractivity contribution in [3.63, 3.8) is 0 Å². The van der Waals surface area contributed by atoms with E-state index >= 15 is 0 Å². The molecule has 0 saturated carbocycles. The Morgan fingerprint density at radius 1 is 1.08 bits per heavy atom. The molecule has 0 spiro atoms. The van der Waals surface area contributed by atoms with Gasteiger partial charge in [-0.1, -0.05) is 42.5 Å². The predicted octanol–water partition coefficient (Wildman–Crippen LogP) is 3.38. The summed E-state index contributed by atoms with van der Waals surface area (Å²) >= 11 is 0. The smallest absolute Gasteiger partial charge is 0.227 e. The molecule has 0 radical (unpaired) electrons. The van der Waals surface area contributed by atoms with Gasteiger partial charge < -0.3 is 4.90 Å². The third-order valence-corrected chi connectivity index (χ3v) is 4.11. The topological polar surface area (TPSA) is 38.1 Å². The number of aryl methyl sites for hydroxylation is 1. The molecule has 122 valence electrons. The minimum atomic E-state index is 0.0888. The number of hydrogen-bond acceptors (Lipinski definition) is 2. The molecule has 4 heteroatoms. The van der Waals surface area contributed by atoms with Crippen molar-refractivity contribution >= 4 is 5.91 Å². The Kier molecular flexibility index (Phi) is 4.75. The number of para-hydroxylation sites is 1. The largest absolute Gasteiger partial charge is 0.341 e. The van der Waals surface area contributed by atoms with Crippen molar-refractivity contribution in [1.82, 2.24) is 14.7 Å². The number of carbonyl (C=O) groups excluding carboxylic acids is 1. The van der Waals surface area contributed by atoms with Crippen molar-refractivity contribution in [1.29, 1.82) is 0 Å². The number of likely N-dealkylation sites (N-methyl/N-ethyl adjacent to an activating group) is 1. The number of nitrogens with zero attached hydrogens (tertiary/aromatic N) is 3.